The van der Waals surface area contributed by atoms with Crippen LogP contribution in [0.4, 0.5) is 0 Å². The summed E-state index contributed by atoms with van der Waals surface area (Å²) in [4.78, 5) is 0. The second kappa shape index (κ2) is 3.01. The Morgan fingerprint density at radius 2 is 1.85 bits per heavy atom. The number of hydrazine groups is 1. The Bertz CT molecular complexity index is 221. The molecule has 1 rings (SSSR count). The molecule has 1 saturated carbocycles. The van der Waals surface area contributed by atoms with E-state index in [4.69, 9.17) is 12.3 Å². The average molecular weight is 180 g/mol. The topological polar surface area (TPSA) is 38.0 Å². The first-order valence-electron chi connectivity index (χ1n) is 4.79. The maximum absolute atomic E-state index is 5.50. The molecule has 1 fully saturated rings. The molecule has 1 aliphatic rings. The summed E-state index contributed by atoms with van der Waals surface area (Å²) < 4.78 is 0. The summed E-state index contributed by atoms with van der Waals surface area (Å²) in [5.41, 5.74) is 3.53. The van der Waals surface area contributed by atoms with Gasteiger partial charge in [0.2, 0.25) is 0 Å². The summed E-state index contributed by atoms with van der Waals surface area (Å²) in [5, 5.41) is 0. The Labute approximate surface area is 81.2 Å². The molecule has 0 aromatic carbocycles. The van der Waals surface area contributed by atoms with Crippen molar-refractivity contribution in [1.82, 2.24) is 5.43 Å². The molecule has 1 atom stereocenters. The fourth-order valence-corrected chi connectivity index (χ4v) is 2.65. The van der Waals surface area contributed by atoms with Crippen molar-refractivity contribution in [2.45, 2.75) is 40.2 Å². The zero-order valence-corrected chi connectivity index (χ0v) is 9.02. The Kier molecular flexibility index (Phi) is 2.44. The lowest BCUT2D eigenvalue weighted by Crippen LogP contribution is -2.38. The minimum absolute atomic E-state index is 0.259. The summed E-state index contributed by atoms with van der Waals surface area (Å²) in [6.45, 7) is 9.11. The van der Waals surface area contributed by atoms with E-state index in [2.05, 4.69) is 39.0 Å². The Morgan fingerprint density at radius 3 is 2.08 bits per heavy atom. The molecule has 0 bridgehead atoms. The second-order valence-corrected chi connectivity index (χ2v) is 5.10. The molecule has 2 heteroatoms. The van der Waals surface area contributed by atoms with Crippen molar-refractivity contribution >= 4 is 0 Å². The van der Waals surface area contributed by atoms with Gasteiger partial charge in [0.15, 0.2) is 0 Å². The molecule has 1 aliphatic carbocycles. The molecule has 0 saturated heterocycles. The molecule has 0 amide bonds. The van der Waals surface area contributed by atoms with E-state index >= 15 is 0 Å². The molecule has 0 aliphatic heterocycles. The van der Waals surface area contributed by atoms with Crippen LogP contribution in [0.2, 0.25) is 0 Å². The Morgan fingerprint density at radius 1 is 1.38 bits per heavy atom. The first-order chi connectivity index (χ1) is 5.89. The fourth-order valence-electron chi connectivity index (χ4n) is 2.65. The highest BCUT2D eigenvalue weighted by atomic mass is 15.2. The minimum Gasteiger partial charge on any atom is -0.271 e. The van der Waals surface area contributed by atoms with Gasteiger partial charge in [-0.2, -0.15) is 0 Å². The first kappa shape index (κ1) is 10.6. The lowest BCUT2D eigenvalue weighted by atomic mass is 10.0. The lowest BCUT2D eigenvalue weighted by Gasteiger charge is -2.14. The molecular formula is C11H20N2. The van der Waals surface area contributed by atoms with Gasteiger partial charge in [0.1, 0.15) is 0 Å². The summed E-state index contributed by atoms with van der Waals surface area (Å²) in [5.74, 6) is 8.75. The van der Waals surface area contributed by atoms with Gasteiger partial charge in [-0.15, -0.1) is 12.3 Å². The molecule has 0 heterocycles. The van der Waals surface area contributed by atoms with Crippen LogP contribution in [0.1, 0.15) is 34.1 Å². The van der Waals surface area contributed by atoms with Gasteiger partial charge < -0.3 is 0 Å². The highest BCUT2D eigenvalue weighted by Gasteiger charge is 2.66. The number of terminal acetylenes is 1. The zero-order valence-electron chi connectivity index (χ0n) is 9.02. The van der Waals surface area contributed by atoms with Crippen molar-refractivity contribution in [3.63, 3.8) is 0 Å². The van der Waals surface area contributed by atoms with E-state index in [1.807, 2.05) is 0 Å². The fraction of sp³-hybridized carbons (Fsp3) is 0.818. The second-order valence-electron chi connectivity index (χ2n) is 5.10. The molecule has 74 valence electrons. The van der Waals surface area contributed by atoms with Gasteiger partial charge >= 0.3 is 0 Å². The van der Waals surface area contributed by atoms with Gasteiger partial charge in [-0.05, 0) is 16.7 Å². The zero-order chi connectivity index (χ0) is 10.3. The number of rotatable bonds is 3. The van der Waals surface area contributed by atoms with Gasteiger partial charge in [-0.1, -0.05) is 27.7 Å². The SMILES string of the molecule is C#CCC(NN)C1C(C)(C)C1(C)C. The molecule has 0 spiro atoms. The van der Waals surface area contributed by atoms with Crippen LogP contribution >= 0.6 is 0 Å². The monoisotopic (exact) mass is 180 g/mol. The molecule has 0 radical (unpaired) electrons. The van der Waals surface area contributed by atoms with Crippen LogP contribution in [0.15, 0.2) is 0 Å². The highest BCUT2D eigenvalue weighted by Crippen LogP contribution is 2.69. The number of hydrogen-bond donors (Lipinski definition) is 2. The van der Waals surface area contributed by atoms with Gasteiger partial charge in [0.25, 0.3) is 0 Å². The van der Waals surface area contributed by atoms with Gasteiger partial charge in [0.05, 0.1) is 0 Å². The largest absolute Gasteiger partial charge is 0.271 e. The van der Waals surface area contributed by atoms with Crippen molar-refractivity contribution in [3.8, 4) is 12.3 Å². The van der Waals surface area contributed by atoms with E-state index in [9.17, 15) is 0 Å². The van der Waals surface area contributed by atoms with Gasteiger partial charge in [0, 0.05) is 12.5 Å². The van der Waals surface area contributed by atoms with Crippen LogP contribution in [0.3, 0.4) is 0 Å². The van der Waals surface area contributed by atoms with Crippen molar-refractivity contribution in [2.75, 3.05) is 0 Å². The van der Waals surface area contributed by atoms with Crippen molar-refractivity contribution in [1.29, 1.82) is 0 Å². The van der Waals surface area contributed by atoms with Gasteiger partial charge in [-0.3, -0.25) is 11.3 Å². The van der Waals surface area contributed by atoms with E-state index < -0.39 is 0 Å². The number of nitrogens with one attached hydrogen (secondary N) is 1. The number of nitrogens with two attached hydrogens (primary N) is 1. The van der Waals surface area contributed by atoms with Crippen LogP contribution in [0.25, 0.3) is 0 Å². The molecule has 2 nitrogen and oxygen atoms in total. The van der Waals surface area contributed by atoms with Crippen LogP contribution in [-0.4, -0.2) is 6.04 Å². The lowest BCUT2D eigenvalue weighted by molar-refractivity contribution is 0.411. The van der Waals surface area contributed by atoms with Crippen LogP contribution in [0.5, 0.6) is 0 Å². The van der Waals surface area contributed by atoms with Crippen LogP contribution < -0.4 is 11.3 Å². The third-order valence-electron chi connectivity index (χ3n) is 4.09. The summed E-state index contributed by atoms with van der Waals surface area (Å²) in [6, 6.07) is 0.259. The summed E-state index contributed by atoms with van der Waals surface area (Å²) in [6.07, 6.45) is 6.02. The van der Waals surface area contributed by atoms with Crippen LogP contribution in [-0.2, 0) is 0 Å². The minimum atomic E-state index is 0.259. The maximum atomic E-state index is 5.50. The van der Waals surface area contributed by atoms with E-state index in [0.29, 0.717) is 23.2 Å². The normalized spacial score (nSPS) is 26.5. The predicted molar refractivity (Wildman–Crippen MR) is 55.6 cm³/mol. The van der Waals surface area contributed by atoms with E-state index in [-0.39, 0.29) is 6.04 Å². The van der Waals surface area contributed by atoms with Crippen molar-refractivity contribution in [2.24, 2.45) is 22.6 Å². The Balaban J connectivity index is 2.71. The smallest absolute Gasteiger partial charge is 0.0358 e. The Hall–Kier alpha value is -0.520. The standard InChI is InChI=1S/C11H20N2/c1-6-7-8(13-12)9-10(2,3)11(9,4)5/h1,8-9,13H,7,12H2,2-5H3. The summed E-state index contributed by atoms with van der Waals surface area (Å²) >= 11 is 0. The highest BCUT2D eigenvalue weighted by molar-refractivity contribution is 5.17. The van der Waals surface area contributed by atoms with Gasteiger partial charge in [-0.25, -0.2) is 0 Å². The predicted octanol–water partition coefficient (Wildman–Crippen LogP) is 1.52. The van der Waals surface area contributed by atoms with Crippen molar-refractivity contribution < 1.29 is 0 Å². The number of hydrogen-bond acceptors (Lipinski definition) is 2. The third kappa shape index (κ3) is 1.37. The molecule has 0 aromatic rings. The summed E-state index contributed by atoms with van der Waals surface area (Å²) in [7, 11) is 0. The molecule has 0 aromatic heterocycles. The average Bonchev–Trinajstić information content (AvgIpc) is 2.40. The molecule has 1 unspecified atom stereocenters. The van der Waals surface area contributed by atoms with E-state index in [1.165, 1.54) is 0 Å². The van der Waals surface area contributed by atoms with E-state index in [0.717, 1.165) is 0 Å². The third-order valence-corrected chi connectivity index (χ3v) is 4.09. The first-order valence-corrected chi connectivity index (χ1v) is 4.79. The molecule has 3 N–H and O–H groups in total. The molecular weight excluding hydrogens is 160 g/mol. The van der Waals surface area contributed by atoms with E-state index in [1.54, 1.807) is 0 Å². The quantitative estimate of drug-likeness (QED) is 0.392. The molecule has 13 heavy (non-hydrogen) atoms. The maximum Gasteiger partial charge on any atom is 0.0358 e. The van der Waals surface area contributed by atoms with Crippen LogP contribution in [0, 0.1) is 29.1 Å². The van der Waals surface area contributed by atoms with Crippen molar-refractivity contribution in [3.05, 3.63) is 0 Å².